The molecule has 6 nitrogen and oxygen atoms in total. The molecular weight excluding hydrogens is 290 g/mol. The summed E-state index contributed by atoms with van der Waals surface area (Å²) in [5.41, 5.74) is 2.79. The highest BCUT2D eigenvalue weighted by Crippen LogP contribution is 2.28. The summed E-state index contributed by atoms with van der Waals surface area (Å²) >= 11 is 0. The van der Waals surface area contributed by atoms with Crippen molar-refractivity contribution in [2.45, 2.75) is 19.8 Å². The van der Waals surface area contributed by atoms with Gasteiger partial charge in [0.05, 0.1) is 11.2 Å². The van der Waals surface area contributed by atoms with Crippen LogP contribution in [0.5, 0.6) is 0 Å². The van der Waals surface area contributed by atoms with Gasteiger partial charge in [0.2, 0.25) is 5.91 Å². The molecule has 2 aromatic heterocycles. The van der Waals surface area contributed by atoms with Gasteiger partial charge in [0.25, 0.3) is 0 Å². The Balaban J connectivity index is 1.56. The average molecular weight is 309 g/mol. The zero-order valence-electron chi connectivity index (χ0n) is 13.0. The maximum absolute atomic E-state index is 11.6. The lowest BCUT2D eigenvalue weighted by Gasteiger charge is -2.10. The summed E-state index contributed by atoms with van der Waals surface area (Å²) in [5, 5.41) is 11.8. The van der Waals surface area contributed by atoms with Crippen LogP contribution in [0, 0.1) is 12.8 Å². The van der Waals surface area contributed by atoms with Crippen LogP contribution in [0.3, 0.4) is 0 Å². The Morgan fingerprint density at radius 3 is 2.96 bits per heavy atom. The van der Waals surface area contributed by atoms with Gasteiger partial charge in [-0.1, -0.05) is 12.1 Å². The highest BCUT2D eigenvalue weighted by Gasteiger charge is 2.28. The number of carbonyl (C=O) groups is 1. The largest absolute Gasteiger partial charge is 0.368 e. The molecule has 1 fully saturated rings. The van der Waals surface area contributed by atoms with E-state index in [1.54, 1.807) is 0 Å². The van der Waals surface area contributed by atoms with Crippen molar-refractivity contribution in [1.29, 1.82) is 0 Å². The highest BCUT2D eigenvalue weighted by molar-refractivity contribution is 5.91. The Kier molecular flexibility index (Phi) is 3.37. The first-order valence-corrected chi connectivity index (χ1v) is 7.99. The monoisotopic (exact) mass is 309 g/mol. The molecule has 0 aliphatic heterocycles. The zero-order chi connectivity index (χ0) is 15.8. The fraction of sp³-hybridized carbons (Fsp3) is 0.353. The van der Waals surface area contributed by atoms with Crippen LogP contribution in [0.2, 0.25) is 0 Å². The second kappa shape index (κ2) is 5.53. The van der Waals surface area contributed by atoms with E-state index in [0.29, 0.717) is 13.1 Å². The maximum Gasteiger partial charge on any atom is 0.223 e. The number of rotatable bonds is 5. The molecule has 3 aromatic rings. The van der Waals surface area contributed by atoms with E-state index in [2.05, 4.69) is 20.7 Å². The van der Waals surface area contributed by atoms with Gasteiger partial charge in [-0.25, -0.2) is 9.50 Å². The zero-order valence-corrected chi connectivity index (χ0v) is 13.0. The fourth-order valence-electron chi connectivity index (χ4n) is 2.77. The van der Waals surface area contributed by atoms with Crippen molar-refractivity contribution in [3.63, 3.8) is 0 Å². The van der Waals surface area contributed by atoms with Crippen LogP contribution in [0.25, 0.3) is 16.6 Å². The lowest BCUT2D eigenvalue weighted by Crippen LogP contribution is -2.30. The Hall–Kier alpha value is -2.63. The molecule has 0 atom stereocenters. The summed E-state index contributed by atoms with van der Waals surface area (Å²) in [5.74, 6) is 1.25. The molecular formula is C17H19N5O. The van der Waals surface area contributed by atoms with Gasteiger partial charge in [-0.3, -0.25) is 4.79 Å². The van der Waals surface area contributed by atoms with Gasteiger partial charge in [-0.2, -0.15) is 5.10 Å². The normalized spacial score (nSPS) is 14.3. The summed E-state index contributed by atoms with van der Waals surface area (Å²) in [6.07, 6.45) is 2.06. The average Bonchev–Trinajstić information content (AvgIpc) is 3.33. The number of nitrogens with one attached hydrogen (secondary N) is 2. The molecule has 1 aliphatic rings. The standard InChI is InChI=1S/C17H19N5O/c1-11-10-15-20-16(18-8-9-19-17(23)12-6-7-12)13-4-2-3-5-14(13)22(15)21-11/h2-5,10,12H,6-9H2,1H3,(H,18,20)(H,19,23). The number of para-hydroxylation sites is 1. The molecule has 0 bridgehead atoms. The third-order valence-electron chi connectivity index (χ3n) is 4.09. The number of amides is 1. The number of hydrogen-bond acceptors (Lipinski definition) is 4. The molecule has 1 aromatic carbocycles. The second-order valence-corrected chi connectivity index (χ2v) is 6.03. The second-order valence-electron chi connectivity index (χ2n) is 6.03. The molecule has 118 valence electrons. The van der Waals surface area contributed by atoms with Crippen LogP contribution in [0.1, 0.15) is 18.5 Å². The number of aromatic nitrogens is 3. The van der Waals surface area contributed by atoms with Gasteiger partial charge < -0.3 is 10.6 Å². The summed E-state index contributed by atoms with van der Waals surface area (Å²) in [6.45, 7) is 3.22. The van der Waals surface area contributed by atoms with E-state index in [-0.39, 0.29) is 11.8 Å². The van der Waals surface area contributed by atoms with E-state index in [0.717, 1.165) is 40.9 Å². The van der Waals surface area contributed by atoms with Crippen molar-refractivity contribution in [3.05, 3.63) is 36.0 Å². The number of benzene rings is 1. The molecule has 2 heterocycles. The minimum atomic E-state index is 0.173. The molecule has 1 aliphatic carbocycles. The number of anilines is 1. The molecule has 1 saturated carbocycles. The third kappa shape index (κ3) is 2.72. The van der Waals surface area contributed by atoms with E-state index in [1.807, 2.05) is 41.8 Å². The van der Waals surface area contributed by atoms with Crippen LogP contribution in [0.4, 0.5) is 5.82 Å². The van der Waals surface area contributed by atoms with Crippen molar-refractivity contribution in [2.24, 2.45) is 5.92 Å². The predicted molar refractivity (Wildman–Crippen MR) is 89.5 cm³/mol. The smallest absolute Gasteiger partial charge is 0.223 e. The molecule has 0 unspecified atom stereocenters. The van der Waals surface area contributed by atoms with Crippen LogP contribution in [-0.2, 0) is 4.79 Å². The molecule has 2 N–H and O–H groups in total. The Bertz CT molecular complexity index is 881. The number of hydrogen-bond donors (Lipinski definition) is 2. The van der Waals surface area contributed by atoms with Gasteiger partial charge >= 0.3 is 0 Å². The minimum Gasteiger partial charge on any atom is -0.368 e. The van der Waals surface area contributed by atoms with Gasteiger partial charge in [-0.15, -0.1) is 0 Å². The quantitative estimate of drug-likeness (QED) is 0.708. The van der Waals surface area contributed by atoms with Crippen molar-refractivity contribution in [1.82, 2.24) is 19.9 Å². The van der Waals surface area contributed by atoms with Crippen molar-refractivity contribution >= 4 is 28.3 Å². The van der Waals surface area contributed by atoms with Crippen molar-refractivity contribution in [2.75, 3.05) is 18.4 Å². The third-order valence-corrected chi connectivity index (χ3v) is 4.09. The minimum absolute atomic E-state index is 0.173. The Morgan fingerprint density at radius 1 is 1.30 bits per heavy atom. The molecule has 23 heavy (non-hydrogen) atoms. The van der Waals surface area contributed by atoms with E-state index in [1.165, 1.54) is 0 Å². The van der Waals surface area contributed by atoms with E-state index in [4.69, 9.17) is 0 Å². The maximum atomic E-state index is 11.6. The molecule has 0 spiro atoms. The number of carbonyl (C=O) groups excluding carboxylic acids is 1. The Labute approximate surface area is 133 Å². The molecule has 0 saturated heterocycles. The summed E-state index contributed by atoms with van der Waals surface area (Å²) in [4.78, 5) is 16.3. The Morgan fingerprint density at radius 2 is 2.13 bits per heavy atom. The first-order valence-electron chi connectivity index (χ1n) is 7.99. The molecule has 1 amide bonds. The summed E-state index contributed by atoms with van der Waals surface area (Å²) < 4.78 is 1.87. The molecule has 6 heteroatoms. The number of fused-ring (bicyclic) bond motifs is 3. The lowest BCUT2D eigenvalue weighted by molar-refractivity contribution is -0.122. The van der Waals surface area contributed by atoms with Gasteiger partial charge in [0.15, 0.2) is 5.65 Å². The van der Waals surface area contributed by atoms with Crippen LogP contribution in [-0.4, -0.2) is 33.6 Å². The highest BCUT2D eigenvalue weighted by atomic mass is 16.2. The summed E-state index contributed by atoms with van der Waals surface area (Å²) in [6, 6.07) is 10.0. The van der Waals surface area contributed by atoms with Crippen LogP contribution >= 0.6 is 0 Å². The fourth-order valence-corrected chi connectivity index (χ4v) is 2.77. The van der Waals surface area contributed by atoms with E-state index >= 15 is 0 Å². The van der Waals surface area contributed by atoms with Crippen LogP contribution in [0.15, 0.2) is 30.3 Å². The molecule has 0 radical (unpaired) electrons. The van der Waals surface area contributed by atoms with E-state index < -0.39 is 0 Å². The van der Waals surface area contributed by atoms with Gasteiger partial charge in [0.1, 0.15) is 5.82 Å². The van der Waals surface area contributed by atoms with Gasteiger partial charge in [-0.05, 0) is 31.9 Å². The van der Waals surface area contributed by atoms with Crippen molar-refractivity contribution in [3.8, 4) is 0 Å². The number of nitrogens with zero attached hydrogens (tertiary/aromatic N) is 3. The number of aryl methyl sites for hydroxylation is 1. The molecule has 4 rings (SSSR count). The first-order chi connectivity index (χ1) is 11.2. The van der Waals surface area contributed by atoms with Crippen molar-refractivity contribution < 1.29 is 4.79 Å². The van der Waals surface area contributed by atoms with Gasteiger partial charge in [0, 0.05) is 30.5 Å². The van der Waals surface area contributed by atoms with E-state index in [9.17, 15) is 4.79 Å². The topological polar surface area (TPSA) is 71.3 Å². The van der Waals surface area contributed by atoms with Crippen LogP contribution < -0.4 is 10.6 Å². The SMILES string of the molecule is Cc1cc2nc(NCCNC(=O)C3CC3)c3ccccc3n2n1. The first kappa shape index (κ1) is 14.0. The summed E-state index contributed by atoms with van der Waals surface area (Å²) in [7, 11) is 0. The lowest BCUT2D eigenvalue weighted by atomic mass is 10.2. The predicted octanol–water partition coefficient (Wildman–Crippen LogP) is 2.13.